The number of sulfonamides is 1. The van der Waals surface area contributed by atoms with Gasteiger partial charge in [0.15, 0.2) is 15.7 Å². The predicted molar refractivity (Wildman–Crippen MR) is 128 cm³/mol. The molecule has 2 aliphatic rings. The van der Waals surface area contributed by atoms with Crippen molar-refractivity contribution in [3.63, 3.8) is 0 Å². The molecule has 0 spiro atoms. The fourth-order valence-corrected chi connectivity index (χ4v) is 6.06. The SMILES string of the molecule is CC(C)C(=O)N1CCN(c2cc(S(=O)(=O)NC3COC3)cn3c(-c4nnc(C(F)F)s4)cnc23)CC1. The van der Waals surface area contributed by atoms with Gasteiger partial charge in [0, 0.05) is 38.3 Å². The minimum Gasteiger partial charge on any atom is -0.378 e. The van der Waals surface area contributed by atoms with Gasteiger partial charge < -0.3 is 14.5 Å². The van der Waals surface area contributed by atoms with Crippen LogP contribution in [0.4, 0.5) is 14.5 Å². The third-order valence-corrected chi connectivity index (χ3v) is 8.54. The maximum Gasteiger partial charge on any atom is 0.291 e. The van der Waals surface area contributed by atoms with Crippen LogP contribution in [-0.2, 0) is 19.6 Å². The number of ether oxygens (including phenoxy) is 1. The standard InChI is InChI=1S/C21H25F2N7O4S2/c1-12(2)21(31)29-5-3-28(4-6-29)15-7-14(36(32,33)27-13-10-34-11-13)9-30-16(8-24-18(15)30)19-25-26-20(35-19)17(22)23/h7-9,12-13,17,27H,3-6,10-11H2,1-2H3. The zero-order valence-corrected chi connectivity index (χ0v) is 21.2. The quantitative estimate of drug-likeness (QED) is 0.480. The predicted octanol–water partition coefficient (Wildman–Crippen LogP) is 1.77. The van der Waals surface area contributed by atoms with Crippen molar-refractivity contribution in [3.05, 3.63) is 23.5 Å². The van der Waals surface area contributed by atoms with Crippen LogP contribution in [0.25, 0.3) is 16.3 Å². The number of anilines is 1. The first kappa shape index (κ1) is 24.9. The number of fused-ring (bicyclic) bond motifs is 1. The van der Waals surface area contributed by atoms with Crippen molar-refractivity contribution in [3.8, 4) is 10.7 Å². The second kappa shape index (κ2) is 9.61. The normalized spacial score (nSPS) is 17.4. The van der Waals surface area contributed by atoms with Gasteiger partial charge in [-0.2, -0.15) is 0 Å². The van der Waals surface area contributed by atoms with E-state index in [1.807, 2.05) is 18.7 Å². The van der Waals surface area contributed by atoms with Gasteiger partial charge in [0.25, 0.3) is 6.43 Å². The molecule has 0 aliphatic carbocycles. The molecule has 2 aliphatic heterocycles. The molecule has 0 atom stereocenters. The summed E-state index contributed by atoms with van der Waals surface area (Å²) in [6.07, 6.45) is 0.113. The Bertz CT molecular complexity index is 1380. The maximum absolute atomic E-state index is 13.2. The van der Waals surface area contributed by atoms with Crippen molar-refractivity contribution in [1.82, 2.24) is 29.2 Å². The molecule has 1 N–H and O–H groups in total. The fourth-order valence-electron chi connectivity index (χ4n) is 4.13. The average molecular weight is 542 g/mol. The Kier molecular flexibility index (Phi) is 6.65. The van der Waals surface area contributed by atoms with Crippen LogP contribution in [0.3, 0.4) is 0 Å². The highest BCUT2D eigenvalue weighted by Crippen LogP contribution is 2.33. The number of alkyl halides is 2. The molecule has 3 aromatic heterocycles. The van der Waals surface area contributed by atoms with Crippen molar-refractivity contribution >= 4 is 38.6 Å². The molecule has 36 heavy (non-hydrogen) atoms. The highest BCUT2D eigenvalue weighted by atomic mass is 32.2. The molecular weight excluding hydrogens is 516 g/mol. The highest BCUT2D eigenvalue weighted by molar-refractivity contribution is 7.89. The number of hydrogen-bond acceptors (Lipinski definition) is 9. The molecule has 2 saturated heterocycles. The lowest BCUT2D eigenvalue weighted by molar-refractivity contribution is -0.134. The molecule has 15 heteroatoms. The van der Waals surface area contributed by atoms with Gasteiger partial charge in [0.05, 0.1) is 31.1 Å². The summed E-state index contributed by atoms with van der Waals surface area (Å²) < 4.78 is 61.9. The minimum atomic E-state index is -3.92. The van der Waals surface area contributed by atoms with E-state index in [4.69, 9.17) is 4.74 Å². The Morgan fingerprint density at radius 3 is 2.50 bits per heavy atom. The summed E-state index contributed by atoms with van der Waals surface area (Å²) in [6, 6.07) is 1.23. The van der Waals surface area contributed by atoms with Gasteiger partial charge >= 0.3 is 0 Å². The number of nitrogens with zero attached hydrogens (tertiary/aromatic N) is 6. The van der Waals surface area contributed by atoms with E-state index in [9.17, 15) is 22.0 Å². The number of amides is 1. The summed E-state index contributed by atoms with van der Waals surface area (Å²) in [6.45, 7) is 6.22. The number of piperazine rings is 1. The maximum atomic E-state index is 13.2. The summed E-state index contributed by atoms with van der Waals surface area (Å²) in [5.74, 6) is -0.0459. The number of hydrogen-bond donors (Lipinski definition) is 1. The lowest BCUT2D eigenvalue weighted by Gasteiger charge is -2.37. The Morgan fingerprint density at radius 2 is 1.92 bits per heavy atom. The minimum absolute atomic E-state index is 0.00423. The average Bonchev–Trinajstić information content (AvgIpc) is 3.48. The molecule has 5 heterocycles. The molecule has 0 radical (unpaired) electrons. The molecule has 0 saturated carbocycles. The van der Waals surface area contributed by atoms with Crippen LogP contribution in [0.2, 0.25) is 0 Å². The van der Waals surface area contributed by atoms with E-state index >= 15 is 0 Å². The lowest BCUT2D eigenvalue weighted by atomic mass is 10.1. The summed E-state index contributed by atoms with van der Waals surface area (Å²) in [4.78, 5) is 20.7. The molecule has 11 nitrogen and oxygen atoms in total. The molecular formula is C21H25F2N7O4S2. The largest absolute Gasteiger partial charge is 0.378 e. The Labute approximate surface area is 210 Å². The van der Waals surface area contributed by atoms with E-state index in [1.54, 1.807) is 15.4 Å². The highest BCUT2D eigenvalue weighted by Gasteiger charge is 2.30. The smallest absolute Gasteiger partial charge is 0.291 e. The Morgan fingerprint density at radius 1 is 1.19 bits per heavy atom. The molecule has 5 rings (SSSR count). The second-order valence-electron chi connectivity index (χ2n) is 8.97. The molecule has 0 unspecified atom stereocenters. The topological polar surface area (TPSA) is 122 Å². The van der Waals surface area contributed by atoms with Crippen LogP contribution in [0, 0.1) is 5.92 Å². The molecule has 3 aromatic rings. The number of rotatable bonds is 7. The summed E-state index contributed by atoms with van der Waals surface area (Å²) in [7, 11) is -3.92. The Balaban J connectivity index is 1.55. The lowest BCUT2D eigenvalue weighted by Crippen LogP contribution is -2.50. The van der Waals surface area contributed by atoms with Gasteiger partial charge in [-0.05, 0) is 6.07 Å². The van der Waals surface area contributed by atoms with E-state index < -0.39 is 21.5 Å². The van der Waals surface area contributed by atoms with Gasteiger partial charge in [-0.3, -0.25) is 9.20 Å². The molecule has 2 fully saturated rings. The van der Waals surface area contributed by atoms with E-state index in [0.29, 0.717) is 43.2 Å². The second-order valence-corrected chi connectivity index (χ2v) is 11.7. The van der Waals surface area contributed by atoms with Gasteiger partial charge in [-0.25, -0.2) is 26.9 Å². The van der Waals surface area contributed by atoms with Crippen molar-refractivity contribution in [1.29, 1.82) is 0 Å². The summed E-state index contributed by atoms with van der Waals surface area (Å²) in [5, 5.41) is 7.18. The zero-order valence-electron chi connectivity index (χ0n) is 19.6. The van der Waals surface area contributed by atoms with Crippen molar-refractivity contribution < 1.29 is 26.7 Å². The number of carbonyl (C=O) groups excluding carboxylic acids is 1. The third kappa shape index (κ3) is 4.67. The molecule has 0 bridgehead atoms. The van der Waals surface area contributed by atoms with Crippen molar-refractivity contribution in [2.45, 2.75) is 31.2 Å². The van der Waals surface area contributed by atoms with Gasteiger partial charge in [0.2, 0.25) is 15.9 Å². The van der Waals surface area contributed by atoms with Gasteiger partial charge in [-0.1, -0.05) is 25.2 Å². The van der Waals surface area contributed by atoms with Crippen LogP contribution in [0.15, 0.2) is 23.4 Å². The molecule has 1 amide bonds. The van der Waals surface area contributed by atoms with Crippen LogP contribution >= 0.6 is 11.3 Å². The van der Waals surface area contributed by atoms with Crippen molar-refractivity contribution in [2.24, 2.45) is 5.92 Å². The number of pyridine rings is 1. The first-order valence-electron chi connectivity index (χ1n) is 11.4. The van der Waals surface area contributed by atoms with E-state index in [0.717, 1.165) is 11.3 Å². The van der Waals surface area contributed by atoms with E-state index in [1.165, 1.54) is 12.4 Å². The van der Waals surface area contributed by atoms with Crippen molar-refractivity contribution in [2.75, 3.05) is 44.3 Å². The van der Waals surface area contributed by atoms with E-state index in [-0.39, 0.29) is 41.0 Å². The first-order valence-corrected chi connectivity index (χ1v) is 13.7. The van der Waals surface area contributed by atoms with Crippen LogP contribution in [0.5, 0.6) is 0 Å². The van der Waals surface area contributed by atoms with Gasteiger partial charge in [-0.15, -0.1) is 10.2 Å². The summed E-state index contributed by atoms with van der Waals surface area (Å²) >= 11 is 0.725. The summed E-state index contributed by atoms with van der Waals surface area (Å²) in [5.41, 5.74) is 1.37. The Hall–Kier alpha value is -2.75. The van der Waals surface area contributed by atoms with Crippen LogP contribution in [-0.4, -0.2) is 84.2 Å². The molecule has 194 valence electrons. The number of nitrogens with one attached hydrogen (secondary N) is 1. The van der Waals surface area contributed by atoms with Crippen LogP contribution in [0.1, 0.15) is 25.3 Å². The number of aromatic nitrogens is 4. The number of halogens is 2. The third-order valence-electron chi connectivity index (χ3n) is 6.10. The van der Waals surface area contributed by atoms with E-state index in [2.05, 4.69) is 19.9 Å². The molecule has 0 aromatic carbocycles. The van der Waals surface area contributed by atoms with Crippen LogP contribution < -0.4 is 9.62 Å². The number of imidazole rings is 1. The fraction of sp³-hybridized carbons (Fsp3) is 0.524. The first-order chi connectivity index (χ1) is 17.1. The zero-order chi connectivity index (χ0) is 25.6. The monoisotopic (exact) mass is 541 g/mol. The van der Waals surface area contributed by atoms with Gasteiger partial charge in [0.1, 0.15) is 10.6 Å². The number of carbonyl (C=O) groups is 1.